The molecule has 0 fully saturated rings. The van der Waals surface area contributed by atoms with Crippen molar-refractivity contribution in [1.29, 1.82) is 0 Å². The van der Waals surface area contributed by atoms with Crippen molar-refractivity contribution in [2.24, 2.45) is 0 Å². The number of nitrogens with one attached hydrogen (secondary N) is 1. The van der Waals surface area contributed by atoms with Gasteiger partial charge >= 0.3 is 5.97 Å². The minimum atomic E-state index is -1.00. The largest absolute Gasteiger partial charge is 0.480 e. The first-order valence-corrected chi connectivity index (χ1v) is 11.0. The number of Topliss-reactive ketones (excluding diaryl/α,β-unsaturated/α-hetero) is 1. The standard InChI is InChI=1S/C26H27FN4O4/c1-16-10-19(4-9-23(16)27)12-28-26(35)24-11-22(29-15-30-24)13-31(14-25(33)34)17(2)20-5-7-21(8-6-20)18(3)32/h4-11,15,17H,12-14H2,1-3H3,(H,28,35)(H,33,34)/t17-/m0/s1. The fraction of sp³-hybridized carbons (Fsp3) is 0.269. The maximum Gasteiger partial charge on any atom is 0.317 e. The molecule has 8 nitrogen and oxygen atoms in total. The molecular weight excluding hydrogens is 451 g/mol. The lowest BCUT2D eigenvalue weighted by atomic mass is 10.0. The quantitative estimate of drug-likeness (QED) is 0.427. The van der Waals surface area contributed by atoms with Crippen molar-refractivity contribution in [1.82, 2.24) is 20.2 Å². The Morgan fingerprint density at radius 2 is 1.80 bits per heavy atom. The Labute approximate surface area is 202 Å². The summed E-state index contributed by atoms with van der Waals surface area (Å²) in [6.07, 6.45) is 1.26. The summed E-state index contributed by atoms with van der Waals surface area (Å²) in [6.45, 7) is 5.13. The van der Waals surface area contributed by atoms with Gasteiger partial charge in [-0.3, -0.25) is 19.3 Å². The van der Waals surface area contributed by atoms with Crippen molar-refractivity contribution >= 4 is 17.7 Å². The van der Waals surface area contributed by atoms with E-state index in [1.165, 1.54) is 25.4 Å². The normalized spacial score (nSPS) is 11.8. The van der Waals surface area contributed by atoms with Crippen molar-refractivity contribution in [2.45, 2.75) is 39.9 Å². The number of carbonyl (C=O) groups excluding carboxylic acids is 2. The third-order valence-electron chi connectivity index (χ3n) is 5.68. The molecule has 2 aromatic carbocycles. The van der Waals surface area contributed by atoms with Crippen LogP contribution < -0.4 is 5.32 Å². The zero-order chi connectivity index (χ0) is 25.5. The van der Waals surface area contributed by atoms with Crippen LogP contribution in [0.3, 0.4) is 0 Å². The molecule has 2 N–H and O–H groups in total. The fourth-order valence-corrected chi connectivity index (χ4v) is 3.62. The number of rotatable bonds is 10. The molecule has 1 heterocycles. The zero-order valence-electron chi connectivity index (χ0n) is 19.8. The Balaban J connectivity index is 1.72. The molecule has 0 bridgehead atoms. The number of halogens is 1. The predicted molar refractivity (Wildman–Crippen MR) is 127 cm³/mol. The van der Waals surface area contributed by atoms with Crippen LogP contribution in [0.5, 0.6) is 0 Å². The molecule has 0 saturated carbocycles. The number of aromatic nitrogens is 2. The van der Waals surface area contributed by atoms with Gasteiger partial charge in [0.15, 0.2) is 5.78 Å². The van der Waals surface area contributed by atoms with Crippen molar-refractivity contribution in [2.75, 3.05) is 6.54 Å². The number of nitrogens with zero attached hydrogens (tertiary/aromatic N) is 3. The first-order valence-electron chi connectivity index (χ1n) is 11.0. The molecule has 0 radical (unpaired) electrons. The molecule has 182 valence electrons. The lowest BCUT2D eigenvalue weighted by molar-refractivity contribution is -0.139. The van der Waals surface area contributed by atoms with Gasteiger partial charge in [-0.2, -0.15) is 0 Å². The van der Waals surface area contributed by atoms with Crippen LogP contribution in [0.1, 0.15) is 63.1 Å². The summed E-state index contributed by atoms with van der Waals surface area (Å²) in [5.41, 5.74) is 3.29. The summed E-state index contributed by atoms with van der Waals surface area (Å²) in [7, 11) is 0. The molecule has 9 heteroatoms. The van der Waals surface area contributed by atoms with Crippen LogP contribution in [-0.4, -0.2) is 44.2 Å². The van der Waals surface area contributed by atoms with E-state index in [9.17, 15) is 23.9 Å². The molecule has 0 saturated heterocycles. The molecule has 3 aromatic rings. The molecule has 1 atom stereocenters. The van der Waals surface area contributed by atoms with Gasteiger partial charge in [-0.05, 0) is 49.6 Å². The number of carbonyl (C=O) groups is 3. The van der Waals surface area contributed by atoms with Gasteiger partial charge in [-0.1, -0.05) is 36.4 Å². The smallest absolute Gasteiger partial charge is 0.317 e. The summed E-state index contributed by atoms with van der Waals surface area (Å²) in [6, 6.07) is 12.9. The van der Waals surface area contributed by atoms with Gasteiger partial charge in [0.05, 0.1) is 12.2 Å². The minimum Gasteiger partial charge on any atom is -0.480 e. The third-order valence-corrected chi connectivity index (χ3v) is 5.68. The number of carboxylic acid groups (broad SMARTS) is 1. The average Bonchev–Trinajstić information content (AvgIpc) is 2.83. The predicted octanol–water partition coefficient (Wildman–Crippen LogP) is 3.70. The molecule has 1 amide bonds. The number of hydrogen-bond acceptors (Lipinski definition) is 6. The molecule has 0 aliphatic rings. The van der Waals surface area contributed by atoms with E-state index in [0.717, 1.165) is 11.1 Å². The van der Waals surface area contributed by atoms with Gasteiger partial charge in [0.2, 0.25) is 0 Å². The summed E-state index contributed by atoms with van der Waals surface area (Å²) in [5.74, 6) is -1.78. The van der Waals surface area contributed by atoms with Crippen molar-refractivity contribution in [3.8, 4) is 0 Å². The highest BCUT2D eigenvalue weighted by molar-refractivity contribution is 5.94. The zero-order valence-corrected chi connectivity index (χ0v) is 19.8. The Bertz CT molecular complexity index is 1230. The monoisotopic (exact) mass is 478 g/mol. The van der Waals surface area contributed by atoms with Crippen molar-refractivity contribution in [3.63, 3.8) is 0 Å². The highest BCUT2D eigenvalue weighted by Gasteiger charge is 2.21. The summed E-state index contributed by atoms with van der Waals surface area (Å²) in [4.78, 5) is 45.6. The second-order valence-electron chi connectivity index (χ2n) is 8.31. The molecular formula is C26H27FN4O4. The topological polar surface area (TPSA) is 112 Å². The van der Waals surface area contributed by atoms with Gasteiger partial charge in [0.1, 0.15) is 17.8 Å². The molecule has 0 aliphatic heterocycles. The van der Waals surface area contributed by atoms with Crippen molar-refractivity contribution in [3.05, 3.63) is 94.3 Å². The van der Waals surface area contributed by atoms with Crippen LogP contribution >= 0.6 is 0 Å². The van der Waals surface area contributed by atoms with E-state index in [4.69, 9.17) is 0 Å². The van der Waals surface area contributed by atoms with E-state index in [0.29, 0.717) is 16.8 Å². The summed E-state index contributed by atoms with van der Waals surface area (Å²) in [5, 5.41) is 12.2. The Morgan fingerprint density at radius 3 is 2.43 bits per heavy atom. The van der Waals surface area contributed by atoms with Crippen LogP contribution in [0.2, 0.25) is 0 Å². The van der Waals surface area contributed by atoms with Gasteiger partial charge < -0.3 is 10.4 Å². The second kappa shape index (κ2) is 11.4. The molecule has 0 spiro atoms. The van der Waals surface area contributed by atoms with Crippen LogP contribution in [0.15, 0.2) is 54.9 Å². The van der Waals surface area contributed by atoms with Crippen LogP contribution in [0, 0.1) is 12.7 Å². The highest BCUT2D eigenvalue weighted by atomic mass is 19.1. The SMILES string of the molecule is CC(=O)c1ccc([C@H](C)N(CC(=O)O)Cc2cc(C(=O)NCc3ccc(F)c(C)c3)ncn2)cc1. The Kier molecular flexibility index (Phi) is 8.38. The summed E-state index contributed by atoms with van der Waals surface area (Å²) >= 11 is 0. The average molecular weight is 479 g/mol. The van der Waals surface area contributed by atoms with E-state index in [2.05, 4.69) is 15.3 Å². The number of aryl methyl sites for hydroxylation is 1. The maximum absolute atomic E-state index is 13.4. The Hall–Kier alpha value is -3.98. The van der Waals surface area contributed by atoms with E-state index in [1.807, 2.05) is 6.92 Å². The minimum absolute atomic E-state index is 0.0482. The number of amides is 1. The first-order chi connectivity index (χ1) is 16.6. The lowest BCUT2D eigenvalue weighted by Gasteiger charge is -2.27. The number of hydrogen-bond donors (Lipinski definition) is 2. The number of ketones is 1. The molecule has 1 aromatic heterocycles. The molecule has 3 rings (SSSR count). The number of benzene rings is 2. The maximum atomic E-state index is 13.4. The van der Waals surface area contributed by atoms with Crippen LogP contribution in [0.25, 0.3) is 0 Å². The second-order valence-corrected chi connectivity index (χ2v) is 8.31. The molecule has 0 aliphatic carbocycles. The number of aliphatic carboxylic acids is 1. The van der Waals surface area contributed by atoms with Gasteiger partial charge in [-0.15, -0.1) is 0 Å². The summed E-state index contributed by atoms with van der Waals surface area (Å²) < 4.78 is 13.4. The van der Waals surface area contributed by atoms with E-state index in [1.54, 1.807) is 48.2 Å². The van der Waals surface area contributed by atoms with Gasteiger partial charge in [0.25, 0.3) is 5.91 Å². The lowest BCUT2D eigenvalue weighted by Crippen LogP contribution is -2.32. The van der Waals surface area contributed by atoms with Crippen LogP contribution in [-0.2, 0) is 17.9 Å². The molecule has 35 heavy (non-hydrogen) atoms. The molecule has 0 unspecified atom stereocenters. The first kappa shape index (κ1) is 25.6. The van der Waals surface area contributed by atoms with Gasteiger partial charge in [0, 0.05) is 24.7 Å². The van der Waals surface area contributed by atoms with E-state index in [-0.39, 0.29) is 43.0 Å². The number of carboxylic acids is 1. The third kappa shape index (κ3) is 7.00. The Morgan fingerprint density at radius 1 is 1.09 bits per heavy atom. The van der Waals surface area contributed by atoms with Gasteiger partial charge in [-0.25, -0.2) is 14.4 Å². The van der Waals surface area contributed by atoms with E-state index >= 15 is 0 Å². The van der Waals surface area contributed by atoms with Crippen LogP contribution in [0.4, 0.5) is 4.39 Å². The fourth-order valence-electron chi connectivity index (χ4n) is 3.62. The van der Waals surface area contributed by atoms with E-state index < -0.39 is 11.9 Å². The highest BCUT2D eigenvalue weighted by Crippen LogP contribution is 2.22. The van der Waals surface area contributed by atoms with Crippen molar-refractivity contribution < 1.29 is 23.9 Å².